The zero-order valence-corrected chi connectivity index (χ0v) is 11.4. The first kappa shape index (κ1) is 13.1. The van der Waals surface area contributed by atoms with Crippen molar-refractivity contribution in [3.63, 3.8) is 0 Å². The maximum absolute atomic E-state index is 12.3. The van der Waals surface area contributed by atoms with Gasteiger partial charge < -0.3 is 0 Å². The van der Waals surface area contributed by atoms with Gasteiger partial charge in [-0.25, -0.2) is 0 Å². The lowest BCUT2D eigenvalue weighted by atomic mass is 10.0. The van der Waals surface area contributed by atoms with Gasteiger partial charge in [-0.3, -0.25) is 9.48 Å². The molecule has 98 valence electrons. The summed E-state index contributed by atoms with van der Waals surface area (Å²) < 4.78 is 1.94. The van der Waals surface area contributed by atoms with Crippen molar-refractivity contribution in [1.82, 2.24) is 9.78 Å². The third-order valence-electron chi connectivity index (χ3n) is 3.53. The van der Waals surface area contributed by atoms with E-state index in [2.05, 4.69) is 18.1 Å². The lowest BCUT2D eigenvalue weighted by Crippen LogP contribution is -2.11. The van der Waals surface area contributed by atoms with Gasteiger partial charge >= 0.3 is 0 Å². The van der Waals surface area contributed by atoms with Crippen LogP contribution in [0.1, 0.15) is 50.4 Å². The number of hydrogen-bond donors (Lipinski definition) is 0. The summed E-state index contributed by atoms with van der Waals surface area (Å²) in [7, 11) is 0. The maximum atomic E-state index is 12.3. The Morgan fingerprint density at radius 3 is 3.00 bits per heavy atom. The molecule has 0 fully saturated rings. The SMILES string of the molecule is CCn1nc(C)cc1CC(=O)C1=CCCCCC1. The molecular formula is C15H22N2O. The van der Waals surface area contributed by atoms with Gasteiger partial charge in [0.05, 0.1) is 12.1 Å². The summed E-state index contributed by atoms with van der Waals surface area (Å²) in [5, 5.41) is 4.39. The van der Waals surface area contributed by atoms with Crippen LogP contribution in [0.15, 0.2) is 17.7 Å². The molecule has 1 heterocycles. The number of allylic oxidation sites excluding steroid dienone is 2. The molecule has 0 saturated carbocycles. The van der Waals surface area contributed by atoms with Crippen LogP contribution in [0.3, 0.4) is 0 Å². The summed E-state index contributed by atoms with van der Waals surface area (Å²) in [6, 6.07) is 2.03. The second kappa shape index (κ2) is 5.98. The van der Waals surface area contributed by atoms with E-state index in [9.17, 15) is 4.79 Å². The van der Waals surface area contributed by atoms with Crippen LogP contribution in [0.25, 0.3) is 0 Å². The fourth-order valence-electron chi connectivity index (χ4n) is 2.56. The van der Waals surface area contributed by atoms with Crippen LogP contribution in [0, 0.1) is 6.92 Å². The van der Waals surface area contributed by atoms with Crippen LogP contribution in [-0.4, -0.2) is 15.6 Å². The van der Waals surface area contributed by atoms with Gasteiger partial charge in [0.2, 0.25) is 0 Å². The quantitative estimate of drug-likeness (QED) is 0.817. The molecule has 3 nitrogen and oxygen atoms in total. The first-order chi connectivity index (χ1) is 8.70. The highest BCUT2D eigenvalue weighted by molar-refractivity contribution is 5.96. The Kier molecular flexibility index (Phi) is 4.34. The molecule has 0 unspecified atom stereocenters. The highest BCUT2D eigenvalue weighted by atomic mass is 16.1. The highest BCUT2D eigenvalue weighted by Crippen LogP contribution is 2.19. The number of carbonyl (C=O) groups is 1. The zero-order valence-electron chi connectivity index (χ0n) is 11.4. The average Bonchev–Trinajstić information content (AvgIpc) is 2.58. The standard InChI is InChI=1S/C15H22N2O/c1-3-17-14(10-12(2)16-17)11-15(18)13-8-6-4-5-7-9-13/h8,10H,3-7,9,11H2,1-2H3. The second-order valence-electron chi connectivity index (χ2n) is 5.02. The molecule has 0 spiro atoms. The number of ketones is 1. The number of hydrogen-bond acceptors (Lipinski definition) is 2. The summed E-state index contributed by atoms with van der Waals surface area (Å²) >= 11 is 0. The van der Waals surface area contributed by atoms with E-state index in [4.69, 9.17) is 0 Å². The van der Waals surface area contributed by atoms with Crippen LogP contribution < -0.4 is 0 Å². The summed E-state index contributed by atoms with van der Waals surface area (Å²) in [6.07, 6.45) is 8.30. The monoisotopic (exact) mass is 246 g/mol. The normalized spacial score (nSPS) is 16.2. The number of aryl methyl sites for hydroxylation is 2. The first-order valence-corrected chi connectivity index (χ1v) is 6.96. The third kappa shape index (κ3) is 3.09. The molecule has 0 atom stereocenters. The highest BCUT2D eigenvalue weighted by Gasteiger charge is 2.14. The van der Waals surface area contributed by atoms with Crippen LogP contribution in [0.2, 0.25) is 0 Å². The summed E-state index contributed by atoms with van der Waals surface area (Å²) in [6.45, 7) is 4.87. The van der Waals surface area contributed by atoms with Gasteiger partial charge in [0, 0.05) is 12.2 Å². The number of carbonyl (C=O) groups excluding carboxylic acids is 1. The maximum Gasteiger partial charge on any atom is 0.164 e. The van der Waals surface area contributed by atoms with Gasteiger partial charge in [-0.15, -0.1) is 0 Å². The molecule has 0 N–H and O–H groups in total. The van der Waals surface area contributed by atoms with Crippen molar-refractivity contribution in [2.45, 2.75) is 58.9 Å². The van der Waals surface area contributed by atoms with E-state index < -0.39 is 0 Å². The molecule has 1 aliphatic rings. The Morgan fingerprint density at radius 2 is 2.22 bits per heavy atom. The number of Topliss-reactive ketones (excluding diaryl/α,β-unsaturated/α-hetero) is 1. The smallest absolute Gasteiger partial charge is 0.164 e. The molecule has 1 aliphatic carbocycles. The fourth-order valence-corrected chi connectivity index (χ4v) is 2.56. The summed E-state index contributed by atoms with van der Waals surface area (Å²) in [5.74, 6) is 0.284. The molecule has 3 heteroatoms. The molecule has 1 aromatic heterocycles. The Labute approximate surface area is 109 Å². The molecule has 0 aliphatic heterocycles. The molecule has 0 aromatic carbocycles. The van der Waals surface area contributed by atoms with Crippen LogP contribution in [0.4, 0.5) is 0 Å². The molecule has 0 amide bonds. The van der Waals surface area contributed by atoms with Crippen LogP contribution >= 0.6 is 0 Å². The van der Waals surface area contributed by atoms with Crippen molar-refractivity contribution >= 4 is 5.78 Å². The van der Waals surface area contributed by atoms with E-state index in [0.717, 1.165) is 42.8 Å². The molecule has 0 saturated heterocycles. The van der Waals surface area contributed by atoms with E-state index >= 15 is 0 Å². The molecular weight excluding hydrogens is 224 g/mol. The Morgan fingerprint density at radius 1 is 1.39 bits per heavy atom. The van der Waals surface area contributed by atoms with Crippen molar-refractivity contribution in [2.24, 2.45) is 0 Å². The van der Waals surface area contributed by atoms with Gasteiger partial charge in [-0.05, 0) is 51.2 Å². The van der Waals surface area contributed by atoms with E-state index in [1.165, 1.54) is 12.8 Å². The molecule has 1 aromatic rings. The first-order valence-electron chi connectivity index (χ1n) is 6.96. The molecule has 18 heavy (non-hydrogen) atoms. The second-order valence-corrected chi connectivity index (χ2v) is 5.02. The Balaban J connectivity index is 2.08. The van der Waals surface area contributed by atoms with Gasteiger partial charge in [0.1, 0.15) is 0 Å². The summed E-state index contributed by atoms with van der Waals surface area (Å²) in [4.78, 5) is 12.3. The van der Waals surface area contributed by atoms with Crippen molar-refractivity contribution in [3.05, 3.63) is 29.1 Å². The predicted octanol–water partition coefficient (Wildman–Crippen LogP) is 3.21. The van der Waals surface area contributed by atoms with Crippen LogP contribution in [-0.2, 0) is 17.8 Å². The molecule has 0 bridgehead atoms. The average molecular weight is 246 g/mol. The number of nitrogens with zero attached hydrogens (tertiary/aromatic N) is 2. The van der Waals surface area contributed by atoms with Gasteiger partial charge in [0.15, 0.2) is 5.78 Å². The number of aromatic nitrogens is 2. The lowest BCUT2D eigenvalue weighted by molar-refractivity contribution is -0.115. The minimum Gasteiger partial charge on any atom is -0.294 e. The topological polar surface area (TPSA) is 34.9 Å². The van der Waals surface area contributed by atoms with Crippen molar-refractivity contribution in [2.75, 3.05) is 0 Å². The number of rotatable bonds is 4. The van der Waals surface area contributed by atoms with Gasteiger partial charge in [0.25, 0.3) is 0 Å². The zero-order chi connectivity index (χ0) is 13.0. The van der Waals surface area contributed by atoms with Crippen LogP contribution in [0.5, 0.6) is 0 Å². The molecule has 0 radical (unpaired) electrons. The fraction of sp³-hybridized carbons (Fsp3) is 0.600. The van der Waals surface area contributed by atoms with Crippen molar-refractivity contribution in [3.8, 4) is 0 Å². The van der Waals surface area contributed by atoms with Crippen molar-refractivity contribution in [1.29, 1.82) is 0 Å². The van der Waals surface area contributed by atoms with E-state index in [-0.39, 0.29) is 5.78 Å². The molecule has 2 rings (SSSR count). The van der Waals surface area contributed by atoms with E-state index in [1.54, 1.807) is 0 Å². The minimum absolute atomic E-state index is 0.284. The lowest BCUT2D eigenvalue weighted by Gasteiger charge is -2.06. The van der Waals surface area contributed by atoms with E-state index in [1.807, 2.05) is 17.7 Å². The van der Waals surface area contributed by atoms with E-state index in [0.29, 0.717) is 6.42 Å². The third-order valence-corrected chi connectivity index (χ3v) is 3.53. The predicted molar refractivity (Wildman–Crippen MR) is 72.5 cm³/mol. The summed E-state index contributed by atoms with van der Waals surface area (Å²) in [5.41, 5.74) is 3.08. The Bertz CT molecular complexity index is 457. The Hall–Kier alpha value is -1.38. The van der Waals surface area contributed by atoms with Gasteiger partial charge in [-0.1, -0.05) is 12.5 Å². The largest absolute Gasteiger partial charge is 0.294 e. The van der Waals surface area contributed by atoms with Crippen molar-refractivity contribution < 1.29 is 4.79 Å². The van der Waals surface area contributed by atoms with Gasteiger partial charge in [-0.2, -0.15) is 5.10 Å². The minimum atomic E-state index is 0.284.